The fourth-order valence-electron chi connectivity index (χ4n) is 5.21. The van der Waals surface area contributed by atoms with Gasteiger partial charge in [-0.3, -0.25) is 4.90 Å². The lowest BCUT2D eigenvalue weighted by atomic mass is 9.57. The van der Waals surface area contributed by atoms with Crippen LogP contribution < -0.4 is 0 Å². The molecule has 2 nitrogen and oxygen atoms in total. The molecule has 2 fully saturated rings. The van der Waals surface area contributed by atoms with E-state index in [-0.39, 0.29) is 5.41 Å². The molecule has 1 saturated carbocycles. The Bertz CT molecular complexity index is 698. The van der Waals surface area contributed by atoms with Crippen LogP contribution in [0.1, 0.15) is 43.7 Å². The highest BCUT2D eigenvalue weighted by molar-refractivity contribution is 5.35. The van der Waals surface area contributed by atoms with E-state index in [0.29, 0.717) is 17.7 Å². The first-order chi connectivity index (χ1) is 11.7. The van der Waals surface area contributed by atoms with E-state index in [1.807, 2.05) is 12.1 Å². The molecular weight excluding hydrogens is 294 g/mol. The third kappa shape index (κ3) is 2.63. The number of likely N-dealkylation sites (tertiary alicyclic amines) is 1. The smallest absolute Gasteiger partial charge is 0.115 e. The number of piperidine rings is 1. The Hall–Kier alpha value is -1.80. The summed E-state index contributed by atoms with van der Waals surface area (Å²) in [5.74, 6) is 1.04. The second-order valence-corrected chi connectivity index (χ2v) is 7.66. The molecule has 3 atom stereocenters. The first-order valence-corrected chi connectivity index (χ1v) is 9.26. The van der Waals surface area contributed by atoms with E-state index in [4.69, 9.17) is 0 Å². The van der Waals surface area contributed by atoms with Crippen molar-refractivity contribution in [3.05, 3.63) is 65.7 Å². The van der Waals surface area contributed by atoms with Gasteiger partial charge in [-0.05, 0) is 55.0 Å². The number of hydrogen-bond donors (Lipinski definition) is 1. The van der Waals surface area contributed by atoms with Crippen molar-refractivity contribution in [1.29, 1.82) is 0 Å². The summed E-state index contributed by atoms with van der Waals surface area (Å²) in [4.78, 5) is 2.69. The second-order valence-electron chi connectivity index (χ2n) is 7.66. The van der Waals surface area contributed by atoms with Gasteiger partial charge in [0.25, 0.3) is 0 Å². The van der Waals surface area contributed by atoms with Crippen LogP contribution in [0.2, 0.25) is 0 Å². The number of phenols is 1. The Morgan fingerprint density at radius 2 is 1.92 bits per heavy atom. The second kappa shape index (κ2) is 6.25. The minimum absolute atomic E-state index is 0.245. The standard InChI is InChI=1S/C22H27NO/c1-17-21-11-6-12-22(17,19-9-5-10-20(24)15-19)13-14-23(21)16-18-7-3-2-4-8-18/h2-5,7-10,15,17,21,24H,6,11-14,16H2,1H3. The summed E-state index contributed by atoms with van der Waals surface area (Å²) in [6.45, 7) is 4.65. The highest BCUT2D eigenvalue weighted by atomic mass is 16.3. The maximum Gasteiger partial charge on any atom is 0.115 e. The first-order valence-electron chi connectivity index (χ1n) is 9.26. The number of hydrogen-bond acceptors (Lipinski definition) is 2. The summed E-state index contributed by atoms with van der Waals surface area (Å²) in [6, 6.07) is 19.5. The average Bonchev–Trinajstić information content (AvgIpc) is 2.59. The van der Waals surface area contributed by atoms with E-state index in [2.05, 4.69) is 48.2 Å². The fraction of sp³-hybridized carbons (Fsp3) is 0.455. The molecule has 2 heteroatoms. The molecular formula is C22H27NO. The van der Waals surface area contributed by atoms with Gasteiger partial charge in [0, 0.05) is 18.0 Å². The third-order valence-electron chi connectivity index (χ3n) is 6.54. The molecule has 0 radical (unpaired) electrons. The van der Waals surface area contributed by atoms with Crippen molar-refractivity contribution in [1.82, 2.24) is 4.90 Å². The molecule has 24 heavy (non-hydrogen) atoms. The summed E-state index contributed by atoms with van der Waals surface area (Å²) in [6.07, 6.45) is 5.04. The molecule has 1 saturated heterocycles. The SMILES string of the molecule is CC1C2CCCC1(c1cccc(O)c1)CCN2Cc1ccccc1. The zero-order chi connectivity index (χ0) is 16.6. The van der Waals surface area contributed by atoms with Gasteiger partial charge < -0.3 is 5.11 Å². The number of rotatable bonds is 3. The molecule has 2 aromatic carbocycles. The van der Waals surface area contributed by atoms with E-state index >= 15 is 0 Å². The number of phenolic OH excluding ortho intramolecular Hbond substituents is 1. The molecule has 0 amide bonds. The topological polar surface area (TPSA) is 23.5 Å². The van der Waals surface area contributed by atoms with Crippen molar-refractivity contribution in [3.63, 3.8) is 0 Å². The van der Waals surface area contributed by atoms with Crippen LogP contribution in [0.15, 0.2) is 54.6 Å². The molecule has 4 rings (SSSR count). The van der Waals surface area contributed by atoms with Crippen molar-refractivity contribution >= 4 is 0 Å². The highest BCUT2D eigenvalue weighted by Gasteiger charge is 2.49. The van der Waals surface area contributed by atoms with Crippen molar-refractivity contribution in [2.45, 2.75) is 50.6 Å². The van der Waals surface area contributed by atoms with Gasteiger partial charge in [-0.2, -0.15) is 0 Å². The fourth-order valence-corrected chi connectivity index (χ4v) is 5.21. The molecule has 126 valence electrons. The molecule has 2 aliphatic rings. The van der Waals surface area contributed by atoms with Crippen molar-refractivity contribution in [3.8, 4) is 5.75 Å². The van der Waals surface area contributed by atoms with Crippen LogP contribution in [0.25, 0.3) is 0 Å². The van der Waals surface area contributed by atoms with Gasteiger partial charge in [0.15, 0.2) is 0 Å². The lowest BCUT2D eigenvalue weighted by Gasteiger charge is -2.55. The summed E-state index contributed by atoms with van der Waals surface area (Å²) in [5.41, 5.74) is 3.01. The predicted octanol–water partition coefficient (Wildman–Crippen LogP) is 4.72. The maximum atomic E-state index is 9.96. The Morgan fingerprint density at radius 1 is 1.08 bits per heavy atom. The van der Waals surface area contributed by atoms with Crippen molar-refractivity contribution < 1.29 is 5.11 Å². The number of benzene rings is 2. The number of fused-ring (bicyclic) bond motifs is 2. The van der Waals surface area contributed by atoms with Crippen LogP contribution in [0.3, 0.4) is 0 Å². The molecule has 3 unspecified atom stereocenters. The zero-order valence-electron chi connectivity index (χ0n) is 14.5. The van der Waals surface area contributed by atoms with Crippen molar-refractivity contribution in [2.75, 3.05) is 6.54 Å². The predicted molar refractivity (Wildman–Crippen MR) is 98.1 cm³/mol. The highest BCUT2D eigenvalue weighted by Crippen LogP contribution is 2.51. The lowest BCUT2D eigenvalue weighted by molar-refractivity contribution is -0.00795. The van der Waals surface area contributed by atoms with Crippen LogP contribution in [0, 0.1) is 5.92 Å². The van der Waals surface area contributed by atoms with Gasteiger partial charge in [0.1, 0.15) is 5.75 Å². The minimum atomic E-state index is 0.245. The van der Waals surface area contributed by atoms with Crippen molar-refractivity contribution in [2.24, 2.45) is 5.92 Å². The Balaban J connectivity index is 1.61. The van der Waals surface area contributed by atoms with E-state index in [9.17, 15) is 5.11 Å². The molecule has 1 aliphatic heterocycles. The summed E-state index contributed by atoms with van der Waals surface area (Å²) in [7, 11) is 0. The Labute approximate surface area is 145 Å². The monoisotopic (exact) mass is 321 g/mol. The molecule has 1 N–H and O–H groups in total. The molecule has 1 heterocycles. The van der Waals surface area contributed by atoms with Gasteiger partial charge >= 0.3 is 0 Å². The average molecular weight is 321 g/mol. The van der Waals surface area contributed by atoms with E-state index in [1.54, 1.807) is 6.07 Å². The van der Waals surface area contributed by atoms with E-state index in [0.717, 1.165) is 13.1 Å². The quantitative estimate of drug-likeness (QED) is 0.884. The number of nitrogens with zero attached hydrogens (tertiary/aromatic N) is 1. The van der Waals surface area contributed by atoms with Crippen LogP contribution >= 0.6 is 0 Å². The van der Waals surface area contributed by atoms with Crippen LogP contribution in [0.5, 0.6) is 5.75 Å². The van der Waals surface area contributed by atoms with Crippen LogP contribution in [0.4, 0.5) is 0 Å². The van der Waals surface area contributed by atoms with Crippen LogP contribution in [-0.4, -0.2) is 22.6 Å². The zero-order valence-corrected chi connectivity index (χ0v) is 14.5. The van der Waals surface area contributed by atoms with Gasteiger partial charge in [0.2, 0.25) is 0 Å². The molecule has 0 spiro atoms. The van der Waals surface area contributed by atoms with E-state index < -0.39 is 0 Å². The summed E-state index contributed by atoms with van der Waals surface area (Å²) in [5, 5.41) is 9.96. The van der Waals surface area contributed by atoms with Crippen LogP contribution in [-0.2, 0) is 12.0 Å². The van der Waals surface area contributed by atoms with Gasteiger partial charge in [-0.1, -0.05) is 55.8 Å². The lowest BCUT2D eigenvalue weighted by Crippen LogP contribution is -2.57. The Kier molecular flexibility index (Phi) is 4.09. The molecule has 0 aromatic heterocycles. The minimum Gasteiger partial charge on any atom is -0.508 e. The van der Waals surface area contributed by atoms with Gasteiger partial charge in [0.05, 0.1) is 0 Å². The first kappa shape index (κ1) is 15.7. The van der Waals surface area contributed by atoms with Gasteiger partial charge in [-0.15, -0.1) is 0 Å². The summed E-state index contributed by atoms with van der Waals surface area (Å²) < 4.78 is 0. The molecule has 1 aliphatic carbocycles. The molecule has 2 aromatic rings. The maximum absolute atomic E-state index is 9.96. The van der Waals surface area contributed by atoms with Gasteiger partial charge in [-0.25, -0.2) is 0 Å². The molecule has 2 bridgehead atoms. The third-order valence-corrected chi connectivity index (χ3v) is 6.54. The normalized spacial score (nSPS) is 30.2. The largest absolute Gasteiger partial charge is 0.508 e. The van der Waals surface area contributed by atoms with E-state index in [1.165, 1.54) is 36.8 Å². The number of aromatic hydroxyl groups is 1. The Morgan fingerprint density at radius 3 is 2.71 bits per heavy atom. The summed E-state index contributed by atoms with van der Waals surface area (Å²) >= 11 is 0.